The van der Waals surface area contributed by atoms with Gasteiger partial charge in [-0.05, 0) is 39.7 Å². The summed E-state index contributed by atoms with van der Waals surface area (Å²) in [5, 5.41) is 12.9. The second-order valence-corrected chi connectivity index (χ2v) is 5.94. The van der Waals surface area contributed by atoms with Crippen LogP contribution in [-0.4, -0.2) is 60.5 Å². The average molecular weight is 256 g/mol. The Balaban J connectivity index is 1.81. The average Bonchev–Trinajstić information content (AvgIpc) is 2.39. The highest BCUT2D eigenvalue weighted by Gasteiger charge is 2.29. The first kappa shape index (κ1) is 14.3. The van der Waals surface area contributed by atoms with Crippen LogP contribution >= 0.6 is 0 Å². The molecule has 0 spiro atoms. The van der Waals surface area contributed by atoms with Gasteiger partial charge in [-0.25, -0.2) is 0 Å². The summed E-state index contributed by atoms with van der Waals surface area (Å²) < 4.78 is 5.70. The number of nitrogens with zero attached hydrogens (tertiary/aromatic N) is 1. The van der Waals surface area contributed by atoms with Crippen molar-refractivity contribution >= 4 is 0 Å². The van der Waals surface area contributed by atoms with Crippen molar-refractivity contribution in [1.82, 2.24) is 10.2 Å². The predicted molar refractivity (Wildman–Crippen MR) is 72.7 cm³/mol. The quantitative estimate of drug-likeness (QED) is 0.787. The Morgan fingerprint density at radius 3 is 2.89 bits per heavy atom. The van der Waals surface area contributed by atoms with Gasteiger partial charge in [-0.2, -0.15) is 0 Å². The molecule has 18 heavy (non-hydrogen) atoms. The van der Waals surface area contributed by atoms with Gasteiger partial charge < -0.3 is 15.2 Å². The van der Waals surface area contributed by atoms with Crippen molar-refractivity contribution in [3.05, 3.63) is 0 Å². The first-order valence-electron chi connectivity index (χ1n) is 7.42. The fourth-order valence-corrected chi connectivity index (χ4v) is 3.23. The van der Waals surface area contributed by atoms with Crippen LogP contribution in [0.25, 0.3) is 0 Å². The molecule has 0 bridgehead atoms. The van der Waals surface area contributed by atoms with E-state index < -0.39 is 0 Å². The van der Waals surface area contributed by atoms with E-state index in [0.717, 1.165) is 13.1 Å². The van der Waals surface area contributed by atoms with Gasteiger partial charge in [0.25, 0.3) is 0 Å². The highest BCUT2D eigenvalue weighted by Crippen LogP contribution is 2.19. The molecular weight excluding hydrogens is 228 g/mol. The standard InChI is InChI=1S/C14H28N2O2/c1-11(7-13-5-3-4-6-15-13)16-8-12(2)18-14(9-16)10-17/h11-15,17H,3-10H2,1-2H3. The molecule has 2 saturated heterocycles. The van der Waals surface area contributed by atoms with E-state index in [2.05, 4.69) is 24.1 Å². The fourth-order valence-electron chi connectivity index (χ4n) is 3.23. The van der Waals surface area contributed by atoms with Crippen LogP contribution < -0.4 is 5.32 Å². The summed E-state index contributed by atoms with van der Waals surface area (Å²) in [5.41, 5.74) is 0. The molecule has 4 atom stereocenters. The van der Waals surface area contributed by atoms with E-state index >= 15 is 0 Å². The Kier molecular flexibility index (Phi) is 5.42. The molecule has 2 heterocycles. The number of aliphatic hydroxyl groups is 1. The molecule has 4 unspecified atom stereocenters. The zero-order chi connectivity index (χ0) is 13.0. The minimum atomic E-state index is -0.00415. The fraction of sp³-hybridized carbons (Fsp3) is 1.00. The Bertz CT molecular complexity index is 244. The summed E-state index contributed by atoms with van der Waals surface area (Å²) in [5.74, 6) is 0. The third-order valence-corrected chi connectivity index (χ3v) is 4.22. The molecule has 2 rings (SSSR count). The van der Waals surface area contributed by atoms with Crippen molar-refractivity contribution in [1.29, 1.82) is 0 Å². The summed E-state index contributed by atoms with van der Waals surface area (Å²) in [7, 11) is 0. The zero-order valence-corrected chi connectivity index (χ0v) is 11.8. The molecular formula is C14H28N2O2. The molecule has 0 aromatic rings. The van der Waals surface area contributed by atoms with Crippen LogP contribution in [-0.2, 0) is 4.74 Å². The molecule has 4 heteroatoms. The SMILES string of the molecule is CC1CN(C(C)CC2CCCCN2)CC(CO)O1. The van der Waals surface area contributed by atoms with E-state index in [1.54, 1.807) is 0 Å². The maximum atomic E-state index is 9.27. The van der Waals surface area contributed by atoms with Gasteiger partial charge in [0.2, 0.25) is 0 Å². The Hall–Kier alpha value is -0.160. The van der Waals surface area contributed by atoms with Gasteiger partial charge in [0.1, 0.15) is 0 Å². The molecule has 0 amide bonds. The third-order valence-electron chi connectivity index (χ3n) is 4.22. The number of rotatable bonds is 4. The molecule has 0 aromatic heterocycles. The lowest BCUT2D eigenvalue weighted by atomic mass is 9.97. The molecule has 2 fully saturated rings. The van der Waals surface area contributed by atoms with Gasteiger partial charge in [-0.15, -0.1) is 0 Å². The van der Waals surface area contributed by atoms with Crippen molar-refractivity contribution in [2.24, 2.45) is 0 Å². The largest absolute Gasteiger partial charge is 0.394 e. The van der Waals surface area contributed by atoms with Gasteiger partial charge >= 0.3 is 0 Å². The van der Waals surface area contributed by atoms with E-state index in [4.69, 9.17) is 4.74 Å². The smallest absolute Gasteiger partial charge is 0.0936 e. The molecule has 106 valence electrons. The molecule has 2 aliphatic heterocycles. The lowest BCUT2D eigenvalue weighted by molar-refractivity contribution is -0.105. The van der Waals surface area contributed by atoms with E-state index in [1.807, 2.05) is 0 Å². The molecule has 0 saturated carbocycles. The lowest BCUT2D eigenvalue weighted by Crippen LogP contribution is -2.52. The number of nitrogens with one attached hydrogen (secondary N) is 1. The van der Waals surface area contributed by atoms with E-state index in [0.29, 0.717) is 12.1 Å². The lowest BCUT2D eigenvalue weighted by Gasteiger charge is -2.41. The number of ether oxygens (including phenoxy) is 1. The maximum Gasteiger partial charge on any atom is 0.0936 e. The van der Waals surface area contributed by atoms with Crippen molar-refractivity contribution < 1.29 is 9.84 Å². The zero-order valence-electron chi connectivity index (χ0n) is 11.8. The van der Waals surface area contributed by atoms with Crippen LogP contribution in [0, 0.1) is 0 Å². The van der Waals surface area contributed by atoms with Crippen LogP contribution in [0.15, 0.2) is 0 Å². The van der Waals surface area contributed by atoms with E-state index in [-0.39, 0.29) is 18.8 Å². The molecule has 4 nitrogen and oxygen atoms in total. The molecule has 0 aliphatic carbocycles. The number of hydrogen-bond acceptors (Lipinski definition) is 4. The Morgan fingerprint density at radius 1 is 1.39 bits per heavy atom. The minimum absolute atomic E-state index is 0.00415. The minimum Gasteiger partial charge on any atom is -0.394 e. The number of aliphatic hydroxyl groups excluding tert-OH is 1. The van der Waals surface area contributed by atoms with Crippen molar-refractivity contribution in [3.63, 3.8) is 0 Å². The van der Waals surface area contributed by atoms with Gasteiger partial charge in [-0.1, -0.05) is 6.42 Å². The van der Waals surface area contributed by atoms with Crippen LogP contribution in [0.5, 0.6) is 0 Å². The summed E-state index contributed by atoms with van der Waals surface area (Å²) in [6.07, 6.45) is 5.45. The van der Waals surface area contributed by atoms with Crippen LogP contribution in [0.2, 0.25) is 0 Å². The second kappa shape index (κ2) is 6.85. The molecule has 2 aliphatic rings. The van der Waals surface area contributed by atoms with E-state index in [1.165, 1.54) is 32.2 Å². The first-order valence-corrected chi connectivity index (χ1v) is 7.42. The molecule has 2 N–H and O–H groups in total. The normalized spacial score (nSPS) is 36.5. The Labute approximate surface area is 111 Å². The van der Waals surface area contributed by atoms with E-state index in [9.17, 15) is 5.11 Å². The highest BCUT2D eigenvalue weighted by molar-refractivity contribution is 4.83. The summed E-state index contributed by atoms with van der Waals surface area (Å²) >= 11 is 0. The van der Waals surface area contributed by atoms with Crippen LogP contribution in [0.3, 0.4) is 0 Å². The highest BCUT2D eigenvalue weighted by atomic mass is 16.5. The number of morpholine rings is 1. The number of hydrogen-bond donors (Lipinski definition) is 2. The van der Waals surface area contributed by atoms with Gasteiger partial charge in [-0.3, -0.25) is 4.90 Å². The summed E-state index contributed by atoms with van der Waals surface area (Å²) in [6, 6.07) is 1.25. The maximum absolute atomic E-state index is 9.27. The van der Waals surface area contributed by atoms with Gasteiger partial charge in [0.15, 0.2) is 0 Å². The summed E-state index contributed by atoms with van der Waals surface area (Å²) in [4.78, 5) is 2.48. The Morgan fingerprint density at radius 2 is 2.22 bits per heavy atom. The predicted octanol–water partition coefficient (Wildman–Crippen LogP) is 0.989. The van der Waals surface area contributed by atoms with Gasteiger partial charge in [0.05, 0.1) is 18.8 Å². The van der Waals surface area contributed by atoms with Gasteiger partial charge in [0, 0.05) is 25.2 Å². The van der Waals surface area contributed by atoms with Crippen LogP contribution in [0.4, 0.5) is 0 Å². The number of piperidine rings is 1. The van der Waals surface area contributed by atoms with Crippen molar-refractivity contribution in [2.45, 2.75) is 63.8 Å². The van der Waals surface area contributed by atoms with Crippen molar-refractivity contribution in [3.8, 4) is 0 Å². The van der Waals surface area contributed by atoms with Crippen LogP contribution in [0.1, 0.15) is 39.5 Å². The third kappa shape index (κ3) is 3.92. The monoisotopic (exact) mass is 256 g/mol. The topological polar surface area (TPSA) is 44.7 Å². The molecule has 0 radical (unpaired) electrons. The second-order valence-electron chi connectivity index (χ2n) is 5.94. The first-order chi connectivity index (χ1) is 8.69. The molecule has 0 aromatic carbocycles. The van der Waals surface area contributed by atoms with Crippen molar-refractivity contribution in [2.75, 3.05) is 26.2 Å². The summed E-state index contributed by atoms with van der Waals surface area (Å²) in [6.45, 7) is 7.58.